The summed E-state index contributed by atoms with van der Waals surface area (Å²) in [5, 5.41) is 12.8. The summed E-state index contributed by atoms with van der Waals surface area (Å²) in [5.41, 5.74) is 0.997. The number of benzene rings is 1. The number of likely N-dealkylation sites (N-methyl/N-ethyl adjacent to an activating group) is 1. The Morgan fingerprint density at radius 1 is 1.35 bits per heavy atom. The zero-order valence-corrected chi connectivity index (χ0v) is 10.8. The van der Waals surface area contributed by atoms with Crippen LogP contribution in [0.1, 0.15) is 11.6 Å². The predicted octanol–water partition coefficient (Wildman–Crippen LogP) is 0.880. The van der Waals surface area contributed by atoms with Crippen molar-refractivity contribution in [3.05, 3.63) is 29.8 Å². The SMILES string of the molecule is COc1ccccc1C(CO)NCCN(C)C. The number of nitrogens with zero attached hydrogens (tertiary/aromatic N) is 1. The fourth-order valence-corrected chi connectivity index (χ4v) is 1.69. The molecule has 1 unspecified atom stereocenters. The number of methoxy groups -OCH3 is 1. The minimum atomic E-state index is -0.0777. The van der Waals surface area contributed by atoms with Crippen LogP contribution in [0, 0.1) is 0 Å². The number of hydrogen-bond donors (Lipinski definition) is 2. The van der Waals surface area contributed by atoms with Crippen LogP contribution in [0.5, 0.6) is 5.75 Å². The van der Waals surface area contributed by atoms with Gasteiger partial charge in [-0.15, -0.1) is 0 Å². The Kier molecular flexibility index (Phi) is 5.97. The average molecular weight is 238 g/mol. The summed E-state index contributed by atoms with van der Waals surface area (Å²) in [6.07, 6.45) is 0. The van der Waals surface area contributed by atoms with Crippen molar-refractivity contribution in [2.75, 3.05) is 40.9 Å². The Morgan fingerprint density at radius 3 is 2.65 bits per heavy atom. The molecule has 4 nitrogen and oxygen atoms in total. The van der Waals surface area contributed by atoms with Crippen molar-refractivity contribution < 1.29 is 9.84 Å². The predicted molar refractivity (Wildman–Crippen MR) is 69.4 cm³/mol. The van der Waals surface area contributed by atoms with Crippen LogP contribution in [0.15, 0.2) is 24.3 Å². The second kappa shape index (κ2) is 7.27. The standard InChI is InChI=1S/C13H22N2O2/c1-15(2)9-8-14-12(10-16)11-6-4-5-7-13(11)17-3/h4-7,12,14,16H,8-10H2,1-3H3. The van der Waals surface area contributed by atoms with Crippen molar-refractivity contribution in [2.45, 2.75) is 6.04 Å². The molecule has 0 aliphatic rings. The number of nitrogens with one attached hydrogen (secondary N) is 1. The number of para-hydroxylation sites is 1. The normalized spacial score (nSPS) is 12.8. The maximum Gasteiger partial charge on any atom is 0.123 e. The highest BCUT2D eigenvalue weighted by molar-refractivity contribution is 5.35. The summed E-state index contributed by atoms with van der Waals surface area (Å²) >= 11 is 0. The first-order valence-electron chi connectivity index (χ1n) is 5.81. The van der Waals surface area contributed by atoms with Crippen LogP contribution < -0.4 is 10.1 Å². The average Bonchev–Trinajstić information content (AvgIpc) is 2.34. The van der Waals surface area contributed by atoms with Crippen LogP contribution in [0.25, 0.3) is 0 Å². The number of hydrogen-bond acceptors (Lipinski definition) is 4. The molecule has 0 amide bonds. The van der Waals surface area contributed by atoms with Crippen LogP contribution in [-0.4, -0.2) is 50.9 Å². The minimum Gasteiger partial charge on any atom is -0.496 e. The topological polar surface area (TPSA) is 44.7 Å². The molecule has 0 saturated heterocycles. The molecule has 0 fully saturated rings. The van der Waals surface area contributed by atoms with Crippen molar-refractivity contribution in [3.63, 3.8) is 0 Å². The van der Waals surface area contributed by atoms with E-state index in [0.29, 0.717) is 0 Å². The van der Waals surface area contributed by atoms with Crippen LogP contribution in [0.2, 0.25) is 0 Å². The van der Waals surface area contributed by atoms with Gasteiger partial charge in [0.25, 0.3) is 0 Å². The molecule has 0 aromatic heterocycles. The van der Waals surface area contributed by atoms with Crippen molar-refractivity contribution in [1.29, 1.82) is 0 Å². The van der Waals surface area contributed by atoms with E-state index in [9.17, 15) is 5.11 Å². The fraction of sp³-hybridized carbons (Fsp3) is 0.538. The summed E-state index contributed by atoms with van der Waals surface area (Å²) in [6, 6.07) is 7.68. The maximum absolute atomic E-state index is 9.43. The smallest absolute Gasteiger partial charge is 0.123 e. The van der Waals surface area contributed by atoms with Gasteiger partial charge in [0.05, 0.1) is 19.8 Å². The summed E-state index contributed by atoms with van der Waals surface area (Å²) in [6.45, 7) is 1.83. The molecule has 0 aliphatic carbocycles. The van der Waals surface area contributed by atoms with Crippen molar-refractivity contribution >= 4 is 0 Å². The summed E-state index contributed by atoms with van der Waals surface area (Å²) in [4.78, 5) is 2.10. The highest BCUT2D eigenvalue weighted by atomic mass is 16.5. The van der Waals surface area contributed by atoms with Gasteiger partial charge in [-0.25, -0.2) is 0 Å². The van der Waals surface area contributed by atoms with Gasteiger partial charge >= 0.3 is 0 Å². The highest BCUT2D eigenvalue weighted by Crippen LogP contribution is 2.24. The first-order valence-corrected chi connectivity index (χ1v) is 5.81. The second-order valence-corrected chi connectivity index (χ2v) is 4.23. The Balaban J connectivity index is 2.65. The molecular formula is C13H22N2O2. The Hall–Kier alpha value is -1.10. The number of ether oxygens (including phenoxy) is 1. The monoisotopic (exact) mass is 238 g/mol. The van der Waals surface area contributed by atoms with Crippen molar-refractivity contribution in [1.82, 2.24) is 10.2 Å². The quantitative estimate of drug-likeness (QED) is 0.740. The number of rotatable bonds is 7. The third-order valence-corrected chi connectivity index (χ3v) is 2.65. The number of aliphatic hydroxyl groups excluding tert-OH is 1. The Morgan fingerprint density at radius 2 is 2.06 bits per heavy atom. The maximum atomic E-state index is 9.43. The van der Waals surface area contributed by atoms with Crippen LogP contribution in [0.3, 0.4) is 0 Å². The van der Waals surface area contributed by atoms with E-state index in [1.54, 1.807) is 7.11 Å². The van der Waals surface area contributed by atoms with Crippen molar-refractivity contribution in [2.24, 2.45) is 0 Å². The van der Waals surface area contributed by atoms with Crippen LogP contribution in [-0.2, 0) is 0 Å². The molecule has 0 radical (unpaired) electrons. The molecule has 17 heavy (non-hydrogen) atoms. The molecule has 2 N–H and O–H groups in total. The fourth-order valence-electron chi connectivity index (χ4n) is 1.69. The zero-order chi connectivity index (χ0) is 12.7. The lowest BCUT2D eigenvalue weighted by Crippen LogP contribution is -2.31. The molecule has 0 heterocycles. The Labute approximate surface area is 103 Å². The van der Waals surface area contributed by atoms with E-state index in [0.717, 1.165) is 24.4 Å². The molecule has 1 rings (SSSR count). The van der Waals surface area contributed by atoms with Gasteiger partial charge in [0, 0.05) is 18.7 Å². The molecule has 96 valence electrons. The van der Waals surface area contributed by atoms with Gasteiger partial charge < -0.3 is 20.1 Å². The molecule has 1 aromatic carbocycles. The van der Waals surface area contributed by atoms with Gasteiger partial charge in [0.1, 0.15) is 5.75 Å². The first kappa shape index (κ1) is 14.0. The van der Waals surface area contributed by atoms with Gasteiger partial charge in [-0.3, -0.25) is 0 Å². The van der Waals surface area contributed by atoms with E-state index in [-0.39, 0.29) is 12.6 Å². The molecule has 0 bridgehead atoms. The first-order chi connectivity index (χ1) is 8.19. The van der Waals surface area contributed by atoms with Crippen LogP contribution in [0.4, 0.5) is 0 Å². The molecule has 1 atom stereocenters. The summed E-state index contributed by atoms with van der Waals surface area (Å²) in [7, 11) is 5.70. The van der Waals surface area contributed by atoms with Crippen molar-refractivity contribution in [3.8, 4) is 5.75 Å². The third kappa shape index (κ3) is 4.34. The van der Waals surface area contributed by atoms with E-state index >= 15 is 0 Å². The minimum absolute atomic E-state index is 0.0633. The molecule has 0 spiro atoms. The molecule has 0 aliphatic heterocycles. The molecule has 1 aromatic rings. The lowest BCUT2D eigenvalue weighted by atomic mass is 10.1. The number of aliphatic hydroxyl groups is 1. The lowest BCUT2D eigenvalue weighted by molar-refractivity contribution is 0.237. The molecule has 4 heteroatoms. The van der Waals surface area contributed by atoms with E-state index in [2.05, 4.69) is 10.2 Å². The van der Waals surface area contributed by atoms with E-state index < -0.39 is 0 Å². The molecule has 0 saturated carbocycles. The van der Waals surface area contributed by atoms with Gasteiger partial charge in [-0.1, -0.05) is 18.2 Å². The van der Waals surface area contributed by atoms with Gasteiger partial charge in [0.15, 0.2) is 0 Å². The summed E-state index contributed by atoms with van der Waals surface area (Å²) < 4.78 is 5.29. The van der Waals surface area contributed by atoms with Gasteiger partial charge in [0.2, 0.25) is 0 Å². The third-order valence-electron chi connectivity index (χ3n) is 2.65. The highest BCUT2D eigenvalue weighted by Gasteiger charge is 2.13. The van der Waals surface area contributed by atoms with E-state index in [1.165, 1.54) is 0 Å². The second-order valence-electron chi connectivity index (χ2n) is 4.23. The van der Waals surface area contributed by atoms with Gasteiger partial charge in [-0.2, -0.15) is 0 Å². The Bertz CT molecular complexity index is 329. The molecular weight excluding hydrogens is 216 g/mol. The summed E-state index contributed by atoms with van der Waals surface area (Å²) in [5.74, 6) is 0.809. The van der Waals surface area contributed by atoms with E-state index in [4.69, 9.17) is 4.74 Å². The van der Waals surface area contributed by atoms with E-state index in [1.807, 2.05) is 38.4 Å². The zero-order valence-electron chi connectivity index (χ0n) is 10.8. The van der Waals surface area contributed by atoms with Gasteiger partial charge in [-0.05, 0) is 20.2 Å². The largest absolute Gasteiger partial charge is 0.496 e. The van der Waals surface area contributed by atoms with Crippen LogP contribution >= 0.6 is 0 Å². The lowest BCUT2D eigenvalue weighted by Gasteiger charge is -2.20.